The molecule has 4 nitrogen and oxygen atoms in total. The van der Waals surface area contributed by atoms with Gasteiger partial charge in [0.1, 0.15) is 17.2 Å². The van der Waals surface area contributed by atoms with Crippen molar-refractivity contribution in [2.24, 2.45) is 0 Å². The van der Waals surface area contributed by atoms with Crippen molar-refractivity contribution in [2.45, 2.75) is 20.0 Å². The van der Waals surface area contributed by atoms with Gasteiger partial charge in [0.05, 0.1) is 11.1 Å². The number of nitrogens with one attached hydrogen (secondary N) is 1. The lowest BCUT2D eigenvalue weighted by Crippen LogP contribution is -2.04. The zero-order chi connectivity index (χ0) is 20.9. The van der Waals surface area contributed by atoms with Crippen molar-refractivity contribution in [2.75, 3.05) is 0 Å². The Bertz CT molecular complexity index is 1230. The van der Waals surface area contributed by atoms with Crippen LogP contribution in [0.2, 0.25) is 0 Å². The molecule has 2 aromatic carbocycles. The van der Waals surface area contributed by atoms with Gasteiger partial charge in [-0.2, -0.15) is 13.2 Å². The van der Waals surface area contributed by atoms with E-state index in [1.54, 1.807) is 13.8 Å². The van der Waals surface area contributed by atoms with E-state index in [2.05, 4.69) is 19.9 Å². The van der Waals surface area contributed by atoms with E-state index in [1.165, 1.54) is 24.4 Å². The number of aromatic amines is 1. The maximum atomic E-state index is 14.7. The van der Waals surface area contributed by atoms with Crippen LogP contribution >= 0.6 is 0 Å². The number of H-pyrrole nitrogens is 1. The van der Waals surface area contributed by atoms with E-state index in [-0.39, 0.29) is 22.4 Å². The predicted octanol–water partition coefficient (Wildman–Crippen LogP) is 5.60. The summed E-state index contributed by atoms with van der Waals surface area (Å²) in [4.78, 5) is 15.1. The third kappa shape index (κ3) is 3.32. The number of halogens is 5. The van der Waals surface area contributed by atoms with Crippen molar-refractivity contribution >= 4 is 11.0 Å². The third-order valence-corrected chi connectivity index (χ3v) is 4.53. The van der Waals surface area contributed by atoms with E-state index in [9.17, 15) is 22.0 Å². The first-order valence-corrected chi connectivity index (χ1v) is 8.51. The molecule has 0 spiro atoms. The van der Waals surface area contributed by atoms with Gasteiger partial charge >= 0.3 is 6.18 Å². The van der Waals surface area contributed by atoms with Crippen molar-refractivity contribution in [3.8, 4) is 22.5 Å². The van der Waals surface area contributed by atoms with Crippen LogP contribution in [0.15, 0.2) is 36.5 Å². The molecule has 0 saturated carbocycles. The molecule has 4 aromatic rings. The van der Waals surface area contributed by atoms with Crippen LogP contribution in [0.3, 0.4) is 0 Å². The first kappa shape index (κ1) is 19.0. The van der Waals surface area contributed by atoms with E-state index in [0.29, 0.717) is 22.6 Å². The predicted molar refractivity (Wildman–Crippen MR) is 96.9 cm³/mol. The molecule has 29 heavy (non-hydrogen) atoms. The molecule has 0 atom stereocenters. The Kier molecular flexibility index (Phi) is 4.33. The maximum absolute atomic E-state index is 14.7. The molecule has 0 unspecified atom stereocenters. The van der Waals surface area contributed by atoms with Crippen LogP contribution in [0.1, 0.15) is 17.1 Å². The minimum absolute atomic E-state index is 0.0323. The highest BCUT2D eigenvalue weighted by atomic mass is 19.4. The van der Waals surface area contributed by atoms with Crippen molar-refractivity contribution in [3.63, 3.8) is 0 Å². The number of rotatable bonds is 2. The lowest BCUT2D eigenvalue weighted by molar-refractivity contribution is -0.137. The second-order valence-corrected chi connectivity index (χ2v) is 6.53. The Morgan fingerprint density at radius 3 is 2.21 bits per heavy atom. The molecule has 9 heteroatoms. The van der Waals surface area contributed by atoms with Crippen molar-refractivity contribution in [3.05, 3.63) is 65.2 Å². The summed E-state index contributed by atoms with van der Waals surface area (Å²) in [6.07, 6.45) is -3.06. The second kappa shape index (κ2) is 6.61. The fourth-order valence-corrected chi connectivity index (χ4v) is 3.09. The summed E-state index contributed by atoms with van der Waals surface area (Å²) in [5.41, 5.74) is 0.241. The molecule has 0 radical (unpaired) electrons. The topological polar surface area (TPSA) is 54.5 Å². The quantitative estimate of drug-likeness (QED) is 0.443. The summed E-state index contributed by atoms with van der Waals surface area (Å²) in [7, 11) is 0. The van der Waals surface area contributed by atoms with E-state index in [0.717, 1.165) is 12.1 Å². The maximum Gasteiger partial charge on any atom is 0.416 e. The van der Waals surface area contributed by atoms with Crippen molar-refractivity contribution in [1.29, 1.82) is 0 Å². The lowest BCUT2D eigenvalue weighted by atomic mass is 10.0. The summed E-state index contributed by atoms with van der Waals surface area (Å²) in [6.45, 7) is 3.34. The monoisotopic (exact) mass is 404 g/mol. The van der Waals surface area contributed by atoms with Crippen LogP contribution < -0.4 is 0 Å². The van der Waals surface area contributed by atoms with Gasteiger partial charge in [-0.1, -0.05) is 12.1 Å². The van der Waals surface area contributed by atoms with Gasteiger partial charge in [-0.05, 0) is 32.0 Å². The number of alkyl halides is 3. The average Bonchev–Trinajstić information content (AvgIpc) is 3.09. The molecule has 2 aromatic heterocycles. The number of benzene rings is 2. The Balaban J connectivity index is 1.83. The third-order valence-electron chi connectivity index (χ3n) is 4.53. The Morgan fingerprint density at radius 2 is 1.59 bits per heavy atom. The molecule has 0 aliphatic carbocycles. The van der Waals surface area contributed by atoms with Gasteiger partial charge in [0.15, 0.2) is 11.6 Å². The van der Waals surface area contributed by atoms with Crippen molar-refractivity contribution in [1.82, 2.24) is 19.9 Å². The van der Waals surface area contributed by atoms with E-state index < -0.39 is 23.4 Å². The van der Waals surface area contributed by atoms with Crippen LogP contribution in [0.4, 0.5) is 22.0 Å². The highest BCUT2D eigenvalue weighted by Gasteiger charge is 2.30. The van der Waals surface area contributed by atoms with Crippen LogP contribution in [0.5, 0.6) is 0 Å². The first-order chi connectivity index (χ1) is 13.6. The van der Waals surface area contributed by atoms with Gasteiger partial charge in [-0.25, -0.2) is 23.7 Å². The van der Waals surface area contributed by atoms with Crippen LogP contribution in [-0.4, -0.2) is 19.9 Å². The summed E-state index contributed by atoms with van der Waals surface area (Å²) in [5, 5.41) is 0. The van der Waals surface area contributed by atoms with E-state index in [1.807, 2.05) is 0 Å². The highest BCUT2D eigenvalue weighted by Crippen LogP contribution is 2.34. The average molecular weight is 404 g/mol. The zero-order valence-corrected chi connectivity index (χ0v) is 15.2. The summed E-state index contributed by atoms with van der Waals surface area (Å²) in [5.74, 6) is -1.63. The Hall–Kier alpha value is -3.36. The van der Waals surface area contributed by atoms with Gasteiger partial charge < -0.3 is 4.98 Å². The molecular formula is C20H13F5N4. The number of hydrogen-bond acceptors (Lipinski definition) is 3. The molecule has 0 fully saturated rings. The highest BCUT2D eigenvalue weighted by molar-refractivity contribution is 5.85. The molecule has 0 bridgehead atoms. The van der Waals surface area contributed by atoms with Crippen LogP contribution in [0, 0.1) is 25.5 Å². The number of fused-ring (bicyclic) bond motifs is 1. The fraction of sp³-hybridized carbons (Fsp3) is 0.150. The molecule has 0 aliphatic rings. The largest absolute Gasteiger partial charge is 0.416 e. The Morgan fingerprint density at radius 1 is 0.897 bits per heavy atom. The number of aromatic nitrogens is 4. The lowest BCUT2D eigenvalue weighted by Gasteiger charge is -2.08. The van der Waals surface area contributed by atoms with E-state index >= 15 is 0 Å². The SMILES string of the molecule is Cc1ncc(-c2cc3[nH]c(-c4ccc(C(F)(F)F)cc4)nc3c(F)c2F)c(C)n1. The second-order valence-electron chi connectivity index (χ2n) is 6.53. The molecule has 148 valence electrons. The summed E-state index contributed by atoms with van der Waals surface area (Å²) >= 11 is 0. The van der Waals surface area contributed by atoms with E-state index in [4.69, 9.17) is 0 Å². The molecule has 2 heterocycles. The van der Waals surface area contributed by atoms with Gasteiger partial charge in [-0.15, -0.1) is 0 Å². The minimum atomic E-state index is -4.47. The van der Waals surface area contributed by atoms with Gasteiger partial charge in [0.25, 0.3) is 0 Å². The summed E-state index contributed by atoms with van der Waals surface area (Å²) < 4.78 is 67.5. The molecule has 4 rings (SSSR count). The van der Waals surface area contributed by atoms with Gasteiger partial charge in [0, 0.05) is 28.6 Å². The molecule has 0 aliphatic heterocycles. The minimum Gasteiger partial charge on any atom is -0.338 e. The normalized spacial score (nSPS) is 12.0. The summed E-state index contributed by atoms with van der Waals surface area (Å²) in [6, 6.07) is 5.62. The fourth-order valence-electron chi connectivity index (χ4n) is 3.09. The van der Waals surface area contributed by atoms with Crippen LogP contribution in [0.25, 0.3) is 33.5 Å². The number of hydrogen-bond donors (Lipinski definition) is 1. The molecular weight excluding hydrogens is 391 g/mol. The number of nitrogens with zero attached hydrogens (tertiary/aromatic N) is 3. The standard InChI is InChI=1S/C20H13F5N4/c1-9-14(8-26-10(2)27-9)13-7-15-18(17(22)16(13)21)29-19(28-15)11-3-5-12(6-4-11)20(23,24)25/h3-8H,1-2H3,(H,28,29). The van der Waals surface area contributed by atoms with Gasteiger partial charge in [-0.3, -0.25) is 0 Å². The molecule has 1 N–H and O–H groups in total. The molecule has 0 amide bonds. The van der Waals surface area contributed by atoms with Gasteiger partial charge in [0.2, 0.25) is 0 Å². The zero-order valence-electron chi connectivity index (χ0n) is 15.2. The van der Waals surface area contributed by atoms with Crippen LogP contribution in [-0.2, 0) is 6.18 Å². The first-order valence-electron chi connectivity index (χ1n) is 8.51. The number of aryl methyl sites for hydroxylation is 2. The number of imidazole rings is 1. The Labute approximate surface area is 161 Å². The smallest absolute Gasteiger partial charge is 0.338 e. The molecule has 0 saturated heterocycles. The van der Waals surface area contributed by atoms with Crippen molar-refractivity contribution < 1.29 is 22.0 Å².